The second-order valence-corrected chi connectivity index (χ2v) is 1.97. The van der Waals surface area contributed by atoms with Crippen LogP contribution in [0.2, 0.25) is 0 Å². The van der Waals surface area contributed by atoms with Crippen molar-refractivity contribution < 1.29 is 26.8 Å². The molecule has 0 radical (unpaired) electrons. The molecule has 0 aromatic carbocycles. The monoisotopic (exact) mass is 183 g/mol. The van der Waals surface area contributed by atoms with E-state index in [1.165, 1.54) is 0 Å². The smallest absolute Gasteiger partial charge is 0.106 e. The van der Waals surface area contributed by atoms with Gasteiger partial charge in [-0.15, -0.1) is 0 Å². The number of halogens is 1. The summed E-state index contributed by atoms with van der Waals surface area (Å²) in [5.74, 6) is 0. The van der Waals surface area contributed by atoms with E-state index >= 15 is 0 Å². The van der Waals surface area contributed by atoms with Gasteiger partial charge >= 0.3 is 0 Å². The minimum Gasteiger partial charge on any atom is -1.00 e. The highest BCUT2D eigenvalue weighted by Crippen LogP contribution is 1.90. The van der Waals surface area contributed by atoms with Crippen molar-refractivity contribution in [3.05, 3.63) is 0 Å². The van der Waals surface area contributed by atoms with Gasteiger partial charge in [-0.3, -0.25) is 0 Å². The maximum Gasteiger partial charge on any atom is 0.106 e. The Hall–Kier alpha value is 0.400. The lowest BCUT2D eigenvalue weighted by Crippen LogP contribution is -3.00. The fourth-order valence-electron chi connectivity index (χ4n) is 0.224. The molecule has 0 aliphatic rings. The van der Waals surface area contributed by atoms with Crippen LogP contribution in [0.5, 0.6) is 0 Å². The first-order valence-corrected chi connectivity index (χ1v) is 2.69. The highest BCUT2D eigenvalue weighted by Gasteiger charge is 2.09. The second kappa shape index (κ2) is 4.30. The molecule has 0 unspecified atom stereocenters. The van der Waals surface area contributed by atoms with Gasteiger partial charge in [0.25, 0.3) is 0 Å². The molecule has 0 rings (SSSR count). The molecule has 0 aromatic heterocycles. The van der Waals surface area contributed by atoms with Crippen LogP contribution in [0.4, 0.5) is 0 Å². The zero-order valence-corrected chi connectivity index (χ0v) is 7.27. The molecule has 0 heterocycles. The molecule has 1 N–H and O–H groups in total. The second-order valence-electron chi connectivity index (χ2n) is 1.97. The number of hydroxylamine groups is 3. The summed E-state index contributed by atoms with van der Waals surface area (Å²) in [6.45, 7) is 5.50. The Morgan fingerprint density at radius 2 is 1.50 bits per heavy atom. The minimum absolute atomic E-state index is 0. The van der Waals surface area contributed by atoms with Crippen molar-refractivity contribution in [3.8, 4) is 0 Å². The Labute approximate surface area is 61.4 Å². The molecule has 0 spiro atoms. The number of hydrogen-bond donors (Lipinski definition) is 1. The first kappa shape index (κ1) is 11.2. The van der Waals surface area contributed by atoms with Crippen LogP contribution in [0.25, 0.3) is 0 Å². The van der Waals surface area contributed by atoms with Gasteiger partial charge < -0.3 is 17.0 Å². The van der Waals surface area contributed by atoms with Crippen LogP contribution in [0.15, 0.2) is 0 Å². The van der Waals surface area contributed by atoms with E-state index in [2.05, 4.69) is 0 Å². The number of nitrogens with zero attached hydrogens (tertiary/aromatic N) is 1. The van der Waals surface area contributed by atoms with E-state index in [-0.39, 0.29) is 21.6 Å². The standard InChI is InChI=1S/C5H14NO.BrH/c1-4-6(3,7)5-2;/h7H,4-5H2,1-3H3;1H/q+1;/p-1. The van der Waals surface area contributed by atoms with Crippen LogP contribution in [-0.4, -0.2) is 30.0 Å². The summed E-state index contributed by atoms with van der Waals surface area (Å²) in [4.78, 5) is 0. The third-order valence-electron chi connectivity index (χ3n) is 1.36. The molecule has 3 heteroatoms. The molecule has 0 bridgehead atoms. The number of hydrogen-bond acceptors (Lipinski definition) is 1. The molecule has 8 heavy (non-hydrogen) atoms. The first-order valence-electron chi connectivity index (χ1n) is 2.69. The van der Waals surface area contributed by atoms with Gasteiger partial charge in [0.05, 0.1) is 7.05 Å². The van der Waals surface area contributed by atoms with Crippen molar-refractivity contribution in [1.82, 2.24) is 0 Å². The number of quaternary nitrogens is 1. The Morgan fingerprint density at radius 1 is 1.25 bits per heavy atom. The molecule has 0 atom stereocenters. The maximum absolute atomic E-state index is 9.07. The molecule has 0 saturated carbocycles. The summed E-state index contributed by atoms with van der Waals surface area (Å²) in [5.41, 5.74) is 0. The van der Waals surface area contributed by atoms with Gasteiger partial charge in [0.15, 0.2) is 0 Å². The molecule has 0 aliphatic carbocycles. The molecular formula is C5H14BrNO. The maximum atomic E-state index is 9.07. The Balaban J connectivity index is 0. The quantitative estimate of drug-likeness (QED) is 0.384. The summed E-state index contributed by atoms with van der Waals surface area (Å²) in [6.07, 6.45) is 0. The Bertz CT molecular complexity index is 50.4. The van der Waals surface area contributed by atoms with Gasteiger partial charge in [-0.25, -0.2) is 5.21 Å². The summed E-state index contributed by atoms with van der Waals surface area (Å²) in [6, 6.07) is 0. The van der Waals surface area contributed by atoms with Gasteiger partial charge in [0.1, 0.15) is 13.1 Å². The molecule has 0 aliphatic heterocycles. The van der Waals surface area contributed by atoms with Gasteiger partial charge in [0, 0.05) is 0 Å². The van der Waals surface area contributed by atoms with E-state index in [1.54, 1.807) is 7.05 Å². The van der Waals surface area contributed by atoms with E-state index in [4.69, 9.17) is 5.21 Å². The normalized spacial score (nSPS) is 10.5. The average molecular weight is 184 g/mol. The fraction of sp³-hybridized carbons (Fsp3) is 1.00. The van der Waals surface area contributed by atoms with Gasteiger partial charge in [-0.05, 0) is 13.8 Å². The van der Waals surface area contributed by atoms with Gasteiger partial charge in [0.2, 0.25) is 0 Å². The first-order chi connectivity index (χ1) is 3.12. The van der Waals surface area contributed by atoms with Crippen molar-refractivity contribution in [2.24, 2.45) is 0 Å². The Morgan fingerprint density at radius 3 is 1.50 bits per heavy atom. The van der Waals surface area contributed by atoms with Crippen molar-refractivity contribution in [2.75, 3.05) is 20.1 Å². The van der Waals surface area contributed by atoms with Crippen molar-refractivity contribution in [1.29, 1.82) is 0 Å². The van der Waals surface area contributed by atoms with Crippen LogP contribution < -0.4 is 17.0 Å². The molecule has 52 valence electrons. The molecule has 0 amide bonds. The topological polar surface area (TPSA) is 20.2 Å². The molecular weight excluding hydrogens is 170 g/mol. The largest absolute Gasteiger partial charge is 1.00 e. The lowest BCUT2D eigenvalue weighted by Gasteiger charge is -2.20. The zero-order valence-electron chi connectivity index (χ0n) is 5.69. The molecule has 0 fully saturated rings. The SMILES string of the molecule is CC[N+](C)(O)CC.[Br-]. The summed E-state index contributed by atoms with van der Waals surface area (Å²) < 4.78 is 0.139. The van der Waals surface area contributed by atoms with Gasteiger partial charge in [-0.2, -0.15) is 4.65 Å². The van der Waals surface area contributed by atoms with Crippen molar-refractivity contribution >= 4 is 0 Å². The van der Waals surface area contributed by atoms with Crippen molar-refractivity contribution in [3.63, 3.8) is 0 Å². The third-order valence-corrected chi connectivity index (χ3v) is 1.36. The lowest BCUT2D eigenvalue weighted by molar-refractivity contribution is -1.08. The fourth-order valence-corrected chi connectivity index (χ4v) is 0.224. The minimum atomic E-state index is 0. The summed E-state index contributed by atoms with van der Waals surface area (Å²) in [5, 5.41) is 9.07. The number of rotatable bonds is 2. The highest BCUT2D eigenvalue weighted by atomic mass is 79.9. The van der Waals surface area contributed by atoms with E-state index in [9.17, 15) is 0 Å². The predicted molar refractivity (Wildman–Crippen MR) is 29.1 cm³/mol. The third kappa shape index (κ3) is 4.56. The lowest BCUT2D eigenvalue weighted by atomic mass is 10.6. The Kier molecular flexibility index (Phi) is 6.03. The summed E-state index contributed by atoms with van der Waals surface area (Å²) >= 11 is 0. The molecule has 0 saturated heterocycles. The van der Waals surface area contributed by atoms with E-state index < -0.39 is 0 Å². The van der Waals surface area contributed by atoms with Crippen LogP contribution in [-0.2, 0) is 0 Å². The van der Waals surface area contributed by atoms with Crippen LogP contribution in [0, 0.1) is 0 Å². The van der Waals surface area contributed by atoms with Crippen molar-refractivity contribution in [2.45, 2.75) is 13.8 Å². The van der Waals surface area contributed by atoms with Crippen LogP contribution in [0.1, 0.15) is 13.8 Å². The van der Waals surface area contributed by atoms with Crippen LogP contribution >= 0.6 is 0 Å². The average Bonchev–Trinajstić information content (AvgIpc) is 1.68. The summed E-state index contributed by atoms with van der Waals surface area (Å²) in [7, 11) is 1.79. The van der Waals surface area contributed by atoms with E-state index in [1.807, 2.05) is 13.8 Å². The zero-order chi connectivity index (χ0) is 5.91. The molecule has 2 nitrogen and oxygen atoms in total. The van der Waals surface area contributed by atoms with Gasteiger partial charge in [-0.1, -0.05) is 0 Å². The van der Waals surface area contributed by atoms with Crippen LogP contribution in [0.3, 0.4) is 0 Å². The van der Waals surface area contributed by atoms with E-state index in [0.717, 1.165) is 13.1 Å². The molecule has 0 aromatic rings. The highest BCUT2D eigenvalue weighted by molar-refractivity contribution is 4.10. The van der Waals surface area contributed by atoms with E-state index in [0.29, 0.717) is 0 Å². The predicted octanol–water partition coefficient (Wildman–Crippen LogP) is -2.13.